The Morgan fingerprint density at radius 2 is 1.66 bits per heavy atom. The molecule has 29 heavy (non-hydrogen) atoms. The van der Waals surface area contributed by atoms with E-state index < -0.39 is 0 Å². The lowest BCUT2D eigenvalue weighted by molar-refractivity contribution is 0.758. The molecule has 0 amide bonds. The van der Waals surface area contributed by atoms with Crippen LogP contribution in [0.15, 0.2) is 93.7 Å². The van der Waals surface area contributed by atoms with E-state index >= 15 is 0 Å². The molecule has 0 unspecified atom stereocenters. The Morgan fingerprint density at radius 1 is 0.931 bits per heavy atom. The van der Waals surface area contributed by atoms with Gasteiger partial charge in [0.05, 0.1) is 6.54 Å². The maximum atomic E-state index is 11.8. The summed E-state index contributed by atoms with van der Waals surface area (Å²) < 4.78 is 1.70. The summed E-state index contributed by atoms with van der Waals surface area (Å²) in [5, 5.41) is 6.68. The summed E-state index contributed by atoms with van der Waals surface area (Å²) >= 11 is 1.82. The lowest BCUT2D eigenvalue weighted by atomic mass is 10.1. The molecule has 0 spiro atoms. The summed E-state index contributed by atoms with van der Waals surface area (Å²) in [6.45, 7) is 2.11. The van der Waals surface area contributed by atoms with E-state index in [4.69, 9.17) is 0 Å². The number of rotatable bonds is 8. The first-order valence-corrected chi connectivity index (χ1v) is 10.6. The van der Waals surface area contributed by atoms with Crippen molar-refractivity contribution in [1.82, 2.24) is 15.2 Å². The molecule has 2 aromatic carbocycles. The molecule has 150 valence electrons. The zero-order valence-corrected chi connectivity index (χ0v) is 17.4. The summed E-state index contributed by atoms with van der Waals surface area (Å²) in [7, 11) is 1.78. The minimum Gasteiger partial charge on any atom is -0.356 e. The summed E-state index contributed by atoms with van der Waals surface area (Å²) in [5.74, 6) is 1.76. The molecule has 3 aromatic rings. The van der Waals surface area contributed by atoms with E-state index in [1.807, 2.05) is 30.1 Å². The van der Waals surface area contributed by atoms with Gasteiger partial charge >= 0.3 is 0 Å². The zero-order valence-electron chi connectivity index (χ0n) is 16.5. The molecule has 0 aliphatic heterocycles. The van der Waals surface area contributed by atoms with E-state index in [0.29, 0.717) is 13.1 Å². The smallest absolute Gasteiger partial charge is 0.250 e. The molecule has 5 nitrogen and oxygen atoms in total. The van der Waals surface area contributed by atoms with Crippen molar-refractivity contribution in [3.63, 3.8) is 0 Å². The van der Waals surface area contributed by atoms with E-state index in [-0.39, 0.29) is 5.56 Å². The number of guanidine groups is 1. The van der Waals surface area contributed by atoms with Crippen LogP contribution < -0.4 is 16.2 Å². The van der Waals surface area contributed by atoms with E-state index in [1.54, 1.807) is 23.7 Å². The van der Waals surface area contributed by atoms with Gasteiger partial charge in [0.2, 0.25) is 0 Å². The van der Waals surface area contributed by atoms with Crippen LogP contribution in [0.25, 0.3) is 0 Å². The first-order chi connectivity index (χ1) is 14.2. The van der Waals surface area contributed by atoms with Crippen LogP contribution in [0.5, 0.6) is 0 Å². The van der Waals surface area contributed by atoms with Crippen LogP contribution in [0.3, 0.4) is 0 Å². The molecule has 0 radical (unpaired) electrons. The van der Waals surface area contributed by atoms with Gasteiger partial charge in [-0.25, -0.2) is 0 Å². The molecule has 0 aliphatic rings. The highest BCUT2D eigenvalue weighted by Gasteiger charge is 2.01. The number of benzene rings is 2. The Balaban J connectivity index is 1.42. The molecule has 2 N–H and O–H groups in total. The van der Waals surface area contributed by atoms with Crippen molar-refractivity contribution in [1.29, 1.82) is 0 Å². The Morgan fingerprint density at radius 3 is 2.38 bits per heavy atom. The predicted octanol–water partition coefficient (Wildman–Crippen LogP) is 3.35. The van der Waals surface area contributed by atoms with Crippen molar-refractivity contribution in [3.05, 3.63) is 100 Å². The SMILES string of the molecule is CN=C(NCCSc1ccccc1)NCc1ccc(Cn2ccccc2=O)cc1. The minimum atomic E-state index is 0.0125. The lowest BCUT2D eigenvalue weighted by Gasteiger charge is -2.12. The largest absolute Gasteiger partial charge is 0.356 e. The highest BCUT2D eigenvalue weighted by atomic mass is 32.2. The van der Waals surface area contributed by atoms with E-state index in [9.17, 15) is 4.79 Å². The Kier molecular flexibility index (Phi) is 7.95. The molecular formula is C23H26N4OS. The molecule has 6 heteroatoms. The molecule has 3 rings (SSSR count). The van der Waals surface area contributed by atoms with Crippen LogP contribution in [0.2, 0.25) is 0 Å². The van der Waals surface area contributed by atoms with E-state index in [0.717, 1.165) is 29.4 Å². The van der Waals surface area contributed by atoms with Gasteiger partial charge in [-0.15, -0.1) is 11.8 Å². The number of thioether (sulfide) groups is 1. The van der Waals surface area contributed by atoms with Crippen molar-refractivity contribution in [2.45, 2.75) is 18.0 Å². The summed E-state index contributed by atoms with van der Waals surface area (Å²) in [4.78, 5) is 17.4. The first-order valence-electron chi connectivity index (χ1n) is 9.60. The molecule has 1 aromatic heterocycles. The zero-order chi connectivity index (χ0) is 20.3. The summed E-state index contributed by atoms with van der Waals surface area (Å²) in [6, 6.07) is 23.9. The van der Waals surface area contributed by atoms with Crippen molar-refractivity contribution >= 4 is 17.7 Å². The lowest BCUT2D eigenvalue weighted by Crippen LogP contribution is -2.37. The van der Waals surface area contributed by atoms with Gasteiger partial charge in [-0.1, -0.05) is 48.5 Å². The van der Waals surface area contributed by atoms with Crippen LogP contribution >= 0.6 is 11.8 Å². The van der Waals surface area contributed by atoms with Crippen LogP contribution in [-0.2, 0) is 13.1 Å². The van der Waals surface area contributed by atoms with Gasteiger partial charge in [0.15, 0.2) is 5.96 Å². The fourth-order valence-corrected chi connectivity index (χ4v) is 3.60. The Hall–Kier alpha value is -2.99. The number of hydrogen-bond donors (Lipinski definition) is 2. The molecular weight excluding hydrogens is 380 g/mol. The number of pyridine rings is 1. The topological polar surface area (TPSA) is 58.4 Å². The maximum Gasteiger partial charge on any atom is 0.250 e. The standard InChI is InChI=1S/C23H26N4OS/c1-24-23(25-14-16-29-21-7-3-2-4-8-21)26-17-19-10-12-20(13-11-19)18-27-15-6-5-9-22(27)28/h2-13,15H,14,16-18H2,1H3,(H2,24,25,26). The van der Waals surface area contributed by atoms with Gasteiger partial charge in [-0.2, -0.15) is 0 Å². The number of aliphatic imine (C=N–C) groups is 1. The molecule has 0 saturated carbocycles. The Bertz CT molecular complexity index is 968. The normalized spacial score (nSPS) is 11.3. The van der Waals surface area contributed by atoms with Crippen LogP contribution in [-0.4, -0.2) is 29.9 Å². The van der Waals surface area contributed by atoms with Crippen LogP contribution in [0.1, 0.15) is 11.1 Å². The number of nitrogens with zero attached hydrogens (tertiary/aromatic N) is 2. The minimum absolute atomic E-state index is 0.0125. The molecule has 0 saturated heterocycles. The summed E-state index contributed by atoms with van der Waals surface area (Å²) in [5.41, 5.74) is 2.27. The van der Waals surface area contributed by atoms with Crippen molar-refractivity contribution in [2.24, 2.45) is 4.99 Å². The molecule has 1 heterocycles. The van der Waals surface area contributed by atoms with Gasteiger partial charge in [-0.3, -0.25) is 9.79 Å². The second-order valence-electron chi connectivity index (χ2n) is 6.50. The molecule has 0 aliphatic carbocycles. The average Bonchev–Trinajstić information content (AvgIpc) is 2.76. The third-order valence-electron chi connectivity index (χ3n) is 4.36. The van der Waals surface area contributed by atoms with Crippen LogP contribution in [0, 0.1) is 0 Å². The Labute approximate surface area is 175 Å². The fourth-order valence-electron chi connectivity index (χ4n) is 2.81. The molecule has 0 atom stereocenters. The van der Waals surface area contributed by atoms with Gasteiger partial charge in [0, 0.05) is 43.0 Å². The molecule has 0 bridgehead atoms. The van der Waals surface area contributed by atoms with Crippen molar-refractivity contribution in [3.8, 4) is 0 Å². The third kappa shape index (κ3) is 6.84. The van der Waals surface area contributed by atoms with E-state index in [1.165, 1.54) is 4.90 Å². The first kappa shape index (κ1) is 20.7. The second-order valence-corrected chi connectivity index (χ2v) is 7.67. The fraction of sp³-hybridized carbons (Fsp3) is 0.217. The number of nitrogens with one attached hydrogen (secondary N) is 2. The van der Waals surface area contributed by atoms with Crippen molar-refractivity contribution < 1.29 is 0 Å². The highest BCUT2D eigenvalue weighted by Crippen LogP contribution is 2.15. The highest BCUT2D eigenvalue weighted by molar-refractivity contribution is 7.99. The molecule has 0 fully saturated rings. The maximum absolute atomic E-state index is 11.8. The van der Waals surface area contributed by atoms with Gasteiger partial charge in [-0.05, 0) is 29.3 Å². The third-order valence-corrected chi connectivity index (χ3v) is 5.38. The van der Waals surface area contributed by atoms with E-state index in [2.05, 4.69) is 64.2 Å². The quantitative estimate of drug-likeness (QED) is 0.261. The van der Waals surface area contributed by atoms with Crippen LogP contribution in [0.4, 0.5) is 0 Å². The number of aromatic nitrogens is 1. The average molecular weight is 407 g/mol. The number of hydrogen-bond acceptors (Lipinski definition) is 3. The van der Waals surface area contributed by atoms with Crippen molar-refractivity contribution in [2.75, 3.05) is 19.3 Å². The monoisotopic (exact) mass is 406 g/mol. The van der Waals surface area contributed by atoms with Gasteiger partial charge in [0.25, 0.3) is 5.56 Å². The second kappa shape index (κ2) is 11.1. The van der Waals surface area contributed by atoms with Gasteiger partial charge < -0.3 is 15.2 Å². The predicted molar refractivity (Wildman–Crippen MR) is 122 cm³/mol. The summed E-state index contributed by atoms with van der Waals surface area (Å²) in [6.07, 6.45) is 1.81. The van der Waals surface area contributed by atoms with Gasteiger partial charge in [0.1, 0.15) is 0 Å².